The van der Waals surface area contributed by atoms with Crippen LogP contribution >= 0.6 is 0 Å². The van der Waals surface area contributed by atoms with E-state index in [1.807, 2.05) is 0 Å². The van der Waals surface area contributed by atoms with Crippen LogP contribution in [0.2, 0.25) is 0 Å². The van der Waals surface area contributed by atoms with Crippen LogP contribution in [0.1, 0.15) is 36.5 Å². The van der Waals surface area contributed by atoms with Crippen LogP contribution in [-0.4, -0.2) is 70.3 Å². The molecule has 0 bridgehead atoms. The van der Waals surface area contributed by atoms with Crippen molar-refractivity contribution in [2.45, 2.75) is 44.4 Å². The summed E-state index contributed by atoms with van der Waals surface area (Å²) in [6.07, 6.45) is -0.0942. The zero-order valence-corrected chi connectivity index (χ0v) is 20.3. The Kier molecular flexibility index (Phi) is 6.34. The van der Waals surface area contributed by atoms with E-state index in [0.29, 0.717) is 16.8 Å². The number of nitrogens with zero attached hydrogens (tertiary/aromatic N) is 1. The number of primary amides is 1. The second kappa shape index (κ2) is 8.90. The Hall–Kier alpha value is -3.44. The zero-order valence-electron chi connectivity index (χ0n) is 20.3. The van der Waals surface area contributed by atoms with Gasteiger partial charge in [-0.15, -0.1) is 0 Å². The summed E-state index contributed by atoms with van der Waals surface area (Å²) in [7, 11) is 3.56. The predicted octanol–water partition coefficient (Wildman–Crippen LogP) is 0.938. The summed E-state index contributed by atoms with van der Waals surface area (Å²) in [6.45, 7) is 1.11. The van der Waals surface area contributed by atoms with Gasteiger partial charge in [-0.3, -0.25) is 14.4 Å². The molecule has 10 nitrogen and oxygen atoms in total. The summed E-state index contributed by atoms with van der Waals surface area (Å²) in [5, 5.41) is 47.3. The normalized spacial score (nSPS) is 26.4. The number of hydrogen-bond acceptors (Lipinski definition) is 9. The quantitative estimate of drug-likeness (QED) is 0.309. The van der Waals surface area contributed by atoms with E-state index in [-0.39, 0.29) is 42.7 Å². The number of aliphatic hydroxyl groups excluding tert-OH is 2. The molecule has 0 saturated heterocycles. The smallest absolute Gasteiger partial charge is 0.255 e. The number of halogens is 1. The summed E-state index contributed by atoms with van der Waals surface area (Å²) in [4.78, 5) is 39.6. The van der Waals surface area contributed by atoms with E-state index < -0.39 is 64.7 Å². The second-order valence-electron chi connectivity index (χ2n) is 9.99. The average Bonchev–Trinajstić information content (AvgIpc) is 2.80. The molecular formula is C25H30FN3O7. The van der Waals surface area contributed by atoms with Crippen LogP contribution in [0.4, 0.5) is 10.1 Å². The summed E-state index contributed by atoms with van der Waals surface area (Å²) in [5.74, 6) is -6.66. The number of fused-ring (bicyclic) bond motifs is 3. The lowest BCUT2D eigenvalue weighted by Crippen LogP contribution is -2.58. The van der Waals surface area contributed by atoms with Crippen LogP contribution in [0.3, 0.4) is 0 Å². The monoisotopic (exact) mass is 503 g/mol. The van der Waals surface area contributed by atoms with Gasteiger partial charge in [0.25, 0.3) is 5.91 Å². The van der Waals surface area contributed by atoms with E-state index >= 15 is 0 Å². The molecule has 1 fully saturated rings. The van der Waals surface area contributed by atoms with Gasteiger partial charge in [0.05, 0.1) is 5.56 Å². The minimum absolute atomic E-state index is 0.0121. The van der Waals surface area contributed by atoms with E-state index in [1.165, 1.54) is 0 Å². The molecule has 7 N–H and O–H groups in total. The van der Waals surface area contributed by atoms with Crippen LogP contribution in [0.25, 0.3) is 5.76 Å². The molecule has 36 heavy (non-hydrogen) atoms. The SMILES string of the molecule is CC(CF)NCc1cc(N(C)C)c2c(c1O)C(O)=C1C(=O)[C@]3(O)C(O)=C(C(N)=O)C(=O)C[C@@H]3C[C@@H]1C2. The number of benzene rings is 1. The first-order valence-corrected chi connectivity index (χ1v) is 11.7. The fourth-order valence-corrected chi connectivity index (χ4v) is 5.60. The van der Waals surface area contributed by atoms with E-state index in [4.69, 9.17) is 5.73 Å². The van der Waals surface area contributed by atoms with Gasteiger partial charge < -0.3 is 36.4 Å². The van der Waals surface area contributed by atoms with Gasteiger partial charge in [0.1, 0.15) is 29.5 Å². The Morgan fingerprint density at radius 3 is 2.53 bits per heavy atom. The van der Waals surface area contributed by atoms with Gasteiger partial charge in [0.15, 0.2) is 11.4 Å². The Labute approximate surface area is 206 Å². The van der Waals surface area contributed by atoms with Crippen molar-refractivity contribution in [1.82, 2.24) is 5.32 Å². The van der Waals surface area contributed by atoms with Crippen molar-refractivity contribution in [2.24, 2.45) is 17.6 Å². The maximum Gasteiger partial charge on any atom is 0.255 e. The molecule has 3 aliphatic carbocycles. The Morgan fingerprint density at radius 2 is 1.94 bits per heavy atom. The number of anilines is 1. The molecule has 1 unspecified atom stereocenters. The minimum Gasteiger partial charge on any atom is -0.508 e. The molecule has 4 rings (SSSR count). The van der Waals surface area contributed by atoms with Gasteiger partial charge in [-0.1, -0.05) is 0 Å². The Morgan fingerprint density at radius 1 is 1.28 bits per heavy atom. The Balaban J connectivity index is 1.90. The number of aliphatic hydroxyl groups is 3. The fraction of sp³-hybridized carbons (Fsp3) is 0.480. The zero-order chi connectivity index (χ0) is 26.7. The number of amides is 1. The number of carbonyl (C=O) groups is 3. The Bertz CT molecular complexity index is 1240. The van der Waals surface area contributed by atoms with Crippen molar-refractivity contribution >= 4 is 28.9 Å². The molecule has 0 aliphatic heterocycles. The van der Waals surface area contributed by atoms with Crippen molar-refractivity contribution in [3.63, 3.8) is 0 Å². The van der Waals surface area contributed by atoms with E-state index in [0.717, 1.165) is 0 Å². The molecule has 0 radical (unpaired) electrons. The number of hydrogen-bond donors (Lipinski definition) is 6. The third-order valence-corrected chi connectivity index (χ3v) is 7.47. The number of aromatic hydroxyl groups is 1. The lowest BCUT2D eigenvalue weighted by molar-refractivity contribution is -0.147. The molecule has 1 amide bonds. The van der Waals surface area contributed by atoms with Gasteiger partial charge in [-0.2, -0.15) is 0 Å². The van der Waals surface area contributed by atoms with Crippen LogP contribution in [-0.2, 0) is 27.3 Å². The van der Waals surface area contributed by atoms with Crippen molar-refractivity contribution in [2.75, 3.05) is 25.7 Å². The van der Waals surface area contributed by atoms with Crippen LogP contribution in [0.5, 0.6) is 5.75 Å². The lowest BCUT2D eigenvalue weighted by Gasteiger charge is -2.46. The number of phenols is 1. The molecule has 11 heteroatoms. The van der Waals surface area contributed by atoms with Crippen molar-refractivity contribution in [1.29, 1.82) is 0 Å². The van der Waals surface area contributed by atoms with Crippen molar-refractivity contribution < 1.29 is 39.2 Å². The first-order valence-electron chi connectivity index (χ1n) is 11.7. The molecule has 0 aromatic heterocycles. The first kappa shape index (κ1) is 25.6. The number of nitrogens with one attached hydrogen (secondary N) is 1. The number of rotatable bonds is 6. The molecule has 194 valence electrons. The van der Waals surface area contributed by atoms with Gasteiger partial charge in [-0.05, 0) is 37.3 Å². The summed E-state index contributed by atoms with van der Waals surface area (Å²) in [5.41, 5.74) is 3.20. The number of phenolic OH excluding ortho intramolecular Hbond substituents is 1. The third-order valence-electron chi connectivity index (χ3n) is 7.47. The van der Waals surface area contributed by atoms with Crippen LogP contribution in [0, 0.1) is 11.8 Å². The largest absolute Gasteiger partial charge is 0.508 e. The van der Waals surface area contributed by atoms with Gasteiger partial charge in [0.2, 0.25) is 5.78 Å². The molecule has 0 heterocycles. The van der Waals surface area contributed by atoms with Gasteiger partial charge in [-0.25, -0.2) is 4.39 Å². The number of nitrogens with two attached hydrogens (primary N) is 1. The van der Waals surface area contributed by atoms with Crippen molar-refractivity contribution in [3.8, 4) is 5.75 Å². The highest BCUT2D eigenvalue weighted by molar-refractivity contribution is 6.22. The predicted molar refractivity (Wildman–Crippen MR) is 128 cm³/mol. The van der Waals surface area contributed by atoms with Crippen molar-refractivity contribution in [3.05, 3.63) is 39.7 Å². The molecule has 3 aliphatic rings. The van der Waals surface area contributed by atoms with Gasteiger partial charge in [0, 0.05) is 55.8 Å². The molecule has 4 atom stereocenters. The second-order valence-corrected chi connectivity index (χ2v) is 9.99. The van der Waals surface area contributed by atoms with E-state index in [1.54, 1.807) is 32.0 Å². The molecule has 1 aromatic rings. The maximum atomic E-state index is 13.6. The number of alkyl halides is 1. The number of carbonyl (C=O) groups excluding carboxylic acids is 3. The first-order chi connectivity index (χ1) is 16.8. The van der Waals surface area contributed by atoms with E-state index in [2.05, 4.69) is 5.32 Å². The maximum absolute atomic E-state index is 13.6. The molecule has 1 saturated carbocycles. The molecular weight excluding hydrogens is 473 g/mol. The topological polar surface area (TPSA) is 173 Å². The number of ketones is 2. The fourth-order valence-electron chi connectivity index (χ4n) is 5.60. The highest BCUT2D eigenvalue weighted by Crippen LogP contribution is 2.53. The van der Waals surface area contributed by atoms with Crippen LogP contribution < -0.4 is 16.0 Å². The van der Waals surface area contributed by atoms with E-state index in [9.17, 15) is 39.2 Å². The minimum atomic E-state index is -2.61. The highest BCUT2D eigenvalue weighted by atomic mass is 19.1. The summed E-state index contributed by atoms with van der Waals surface area (Å²) < 4.78 is 13.0. The summed E-state index contributed by atoms with van der Waals surface area (Å²) in [6, 6.07) is 1.25. The lowest BCUT2D eigenvalue weighted by atomic mass is 9.59. The third kappa shape index (κ3) is 3.65. The number of Topliss-reactive ketones (excluding diaryl/α,β-unsaturated/α-hetero) is 2. The standard InChI is InChI=1S/C25H30FN3O7/c1-10(8-26)28-9-12-6-15(29(2)3)14-5-11-4-13-7-16(30)19(24(27)35)23(34)25(13,36)22(33)17(11)21(32)18(14)20(12)31/h6,10-11,13,28,31-32,34,36H,4-5,7-9H2,1-3H3,(H2,27,35)/t10?,11-,13+,25+/m1/s1. The summed E-state index contributed by atoms with van der Waals surface area (Å²) >= 11 is 0. The van der Waals surface area contributed by atoms with Crippen LogP contribution in [0.15, 0.2) is 23.0 Å². The average molecular weight is 504 g/mol. The highest BCUT2D eigenvalue weighted by Gasteiger charge is 2.60. The molecule has 1 aromatic carbocycles. The molecule has 0 spiro atoms. The van der Waals surface area contributed by atoms with Gasteiger partial charge >= 0.3 is 0 Å².